The van der Waals surface area contributed by atoms with E-state index in [0.29, 0.717) is 5.82 Å². The zero-order valence-corrected chi connectivity index (χ0v) is 23.5. The number of aromatic nitrogens is 4. The maximum atomic E-state index is 9.44. The van der Waals surface area contributed by atoms with Crippen molar-refractivity contribution in [2.24, 2.45) is 14.1 Å². The van der Waals surface area contributed by atoms with E-state index in [1.54, 1.807) is 11.6 Å². The van der Waals surface area contributed by atoms with Crippen LogP contribution in [0.1, 0.15) is 11.4 Å². The monoisotopic (exact) mass is 526 g/mol. The van der Waals surface area contributed by atoms with Gasteiger partial charge in [-0.05, 0) is 24.3 Å². The van der Waals surface area contributed by atoms with Gasteiger partial charge in [-0.25, -0.2) is 9.97 Å². The normalized spacial score (nSPS) is 10.7. The van der Waals surface area contributed by atoms with Crippen LogP contribution in [-0.2, 0) is 14.1 Å². The fourth-order valence-electron chi connectivity index (χ4n) is 4.85. The van der Waals surface area contributed by atoms with Gasteiger partial charge in [0.2, 0.25) is 0 Å². The van der Waals surface area contributed by atoms with Crippen LogP contribution >= 0.6 is 0 Å². The van der Waals surface area contributed by atoms with Crippen molar-refractivity contribution in [2.45, 2.75) is 0 Å². The highest BCUT2D eigenvalue weighted by molar-refractivity contribution is 5.83. The predicted octanol–water partition coefficient (Wildman–Crippen LogP) is 5.70. The topological polar surface area (TPSA) is 89.7 Å². The standard InChI is InChI=1S/C32H30N8/c1-37(2)25-15-11-21(12-16-25)29-30(22-13-17-26(18-14-22)38(3)4)40(6)32(36-29)24-9-7-23(8-10-24)31-35-27(19-33)28(20-34)39(31)5/h7-18H,1-6H3. The molecule has 40 heavy (non-hydrogen) atoms. The molecule has 0 spiro atoms. The van der Waals surface area contributed by atoms with E-state index in [1.165, 1.54) is 0 Å². The first kappa shape index (κ1) is 26.3. The smallest absolute Gasteiger partial charge is 0.177 e. The number of anilines is 2. The van der Waals surface area contributed by atoms with Gasteiger partial charge < -0.3 is 18.9 Å². The van der Waals surface area contributed by atoms with Gasteiger partial charge in [0.05, 0.1) is 11.4 Å². The molecule has 5 aromatic rings. The maximum absolute atomic E-state index is 9.44. The lowest BCUT2D eigenvalue weighted by atomic mass is 10.0. The summed E-state index contributed by atoms with van der Waals surface area (Å²) in [6.07, 6.45) is 0. The minimum absolute atomic E-state index is 0.128. The lowest BCUT2D eigenvalue weighted by Crippen LogP contribution is -2.08. The number of nitrogens with zero attached hydrogens (tertiary/aromatic N) is 8. The molecule has 0 N–H and O–H groups in total. The maximum Gasteiger partial charge on any atom is 0.177 e. The number of nitriles is 2. The van der Waals surface area contributed by atoms with Gasteiger partial charge >= 0.3 is 0 Å². The molecule has 0 bridgehead atoms. The molecule has 3 aromatic carbocycles. The van der Waals surface area contributed by atoms with Crippen LogP contribution in [0, 0.1) is 22.7 Å². The molecule has 2 heterocycles. The van der Waals surface area contributed by atoms with Gasteiger partial charge in [-0.2, -0.15) is 10.5 Å². The van der Waals surface area contributed by atoms with E-state index in [0.717, 1.165) is 50.8 Å². The molecule has 0 saturated heterocycles. The Kier molecular flexibility index (Phi) is 6.85. The number of imidazole rings is 2. The third-order valence-corrected chi connectivity index (χ3v) is 7.12. The molecule has 0 atom stereocenters. The van der Waals surface area contributed by atoms with Crippen LogP contribution in [0.2, 0.25) is 0 Å². The van der Waals surface area contributed by atoms with Crippen LogP contribution in [-0.4, -0.2) is 47.3 Å². The van der Waals surface area contributed by atoms with E-state index in [1.807, 2.05) is 65.6 Å². The van der Waals surface area contributed by atoms with Gasteiger partial charge in [0.25, 0.3) is 0 Å². The number of rotatable bonds is 6. The molecule has 8 nitrogen and oxygen atoms in total. The van der Waals surface area contributed by atoms with Crippen molar-refractivity contribution >= 4 is 11.4 Å². The molecule has 2 aromatic heterocycles. The minimum Gasteiger partial charge on any atom is -0.378 e. The van der Waals surface area contributed by atoms with Crippen molar-refractivity contribution in [1.29, 1.82) is 10.5 Å². The summed E-state index contributed by atoms with van der Waals surface area (Å²) in [4.78, 5) is 13.7. The van der Waals surface area contributed by atoms with Crippen LogP contribution in [0.4, 0.5) is 11.4 Å². The van der Waals surface area contributed by atoms with E-state index >= 15 is 0 Å². The van der Waals surface area contributed by atoms with E-state index in [2.05, 4.69) is 74.0 Å². The average molecular weight is 527 g/mol. The fourth-order valence-corrected chi connectivity index (χ4v) is 4.85. The lowest BCUT2D eigenvalue weighted by molar-refractivity contribution is 0.906. The van der Waals surface area contributed by atoms with Crippen molar-refractivity contribution in [1.82, 2.24) is 19.1 Å². The van der Waals surface area contributed by atoms with Crippen LogP contribution in [0.3, 0.4) is 0 Å². The zero-order chi connectivity index (χ0) is 28.6. The fraction of sp³-hybridized carbons (Fsp3) is 0.188. The van der Waals surface area contributed by atoms with Crippen LogP contribution in [0.15, 0.2) is 72.8 Å². The van der Waals surface area contributed by atoms with Crippen molar-refractivity contribution in [3.8, 4) is 57.4 Å². The summed E-state index contributed by atoms with van der Waals surface area (Å²) >= 11 is 0. The van der Waals surface area contributed by atoms with Gasteiger partial charge in [-0.1, -0.05) is 48.5 Å². The summed E-state index contributed by atoms with van der Waals surface area (Å²) in [6, 6.07) is 28.9. The number of hydrogen-bond donors (Lipinski definition) is 0. The Morgan fingerprint density at radius 1 is 0.575 bits per heavy atom. The predicted molar refractivity (Wildman–Crippen MR) is 160 cm³/mol. The quantitative estimate of drug-likeness (QED) is 0.282. The first-order valence-corrected chi connectivity index (χ1v) is 12.8. The molecule has 0 fully saturated rings. The number of benzene rings is 3. The first-order valence-electron chi connectivity index (χ1n) is 12.8. The Hall–Kier alpha value is -5.34. The molecule has 0 aliphatic rings. The summed E-state index contributed by atoms with van der Waals surface area (Å²) in [7, 11) is 11.9. The van der Waals surface area contributed by atoms with Crippen LogP contribution in [0.5, 0.6) is 0 Å². The Labute approximate surface area is 234 Å². The summed E-state index contributed by atoms with van der Waals surface area (Å²) in [5.41, 5.74) is 8.46. The van der Waals surface area contributed by atoms with E-state index in [4.69, 9.17) is 4.98 Å². The Morgan fingerprint density at radius 2 is 1.02 bits per heavy atom. The molecule has 0 aliphatic heterocycles. The van der Waals surface area contributed by atoms with E-state index in [9.17, 15) is 10.5 Å². The average Bonchev–Trinajstić information content (AvgIpc) is 3.49. The molecule has 0 saturated carbocycles. The van der Waals surface area contributed by atoms with E-state index < -0.39 is 0 Å². The van der Waals surface area contributed by atoms with Gasteiger partial charge in [0.1, 0.15) is 23.8 Å². The van der Waals surface area contributed by atoms with Gasteiger partial charge in [-0.3, -0.25) is 0 Å². The third kappa shape index (κ3) is 4.57. The molecule has 0 unspecified atom stereocenters. The molecular formula is C32H30N8. The van der Waals surface area contributed by atoms with Crippen LogP contribution < -0.4 is 9.80 Å². The molecule has 8 heteroatoms. The van der Waals surface area contributed by atoms with E-state index in [-0.39, 0.29) is 11.4 Å². The molecule has 0 radical (unpaired) electrons. The van der Waals surface area contributed by atoms with Gasteiger partial charge in [0, 0.05) is 75.9 Å². The highest BCUT2D eigenvalue weighted by Gasteiger charge is 2.20. The number of hydrogen-bond acceptors (Lipinski definition) is 6. The van der Waals surface area contributed by atoms with Crippen molar-refractivity contribution in [2.75, 3.05) is 38.0 Å². The second kappa shape index (κ2) is 10.4. The first-order chi connectivity index (χ1) is 19.2. The molecular weight excluding hydrogens is 496 g/mol. The second-order valence-corrected chi connectivity index (χ2v) is 10.1. The summed E-state index contributed by atoms with van der Waals surface area (Å²) in [6.45, 7) is 0. The zero-order valence-electron chi connectivity index (χ0n) is 23.5. The Bertz CT molecular complexity index is 1760. The Morgan fingerprint density at radius 3 is 1.45 bits per heavy atom. The lowest BCUT2D eigenvalue weighted by Gasteiger charge is -2.14. The van der Waals surface area contributed by atoms with Crippen molar-refractivity contribution < 1.29 is 0 Å². The van der Waals surface area contributed by atoms with Gasteiger partial charge in [0.15, 0.2) is 11.4 Å². The summed E-state index contributed by atoms with van der Waals surface area (Å²) in [5.74, 6) is 1.41. The van der Waals surface area contributed by atoms with Crippen molar-refractivity contribution in [3.05, 3.63) is 84.2 Å². The van der Waals surface area contributed by atoms with Crippen LogP contribution in [0.25, 0.3) is 45.3 Å². The largest absolute Gasteiger partial charge is 0.378 e. The second-order valence-electron chi connectivity index (χ2n) is 10.1. The molecule has 0 aliphatic carbocycles. The third-order valence-electron chi connectivity index (χ3n) is 7.12. The highest BCUT2D eigenvalue weighted by atomic mass is 15.1. The van der Waals surface area contributed by atoms with Crippen molar-refractivity contribution in [3.63, 3.8) is 0 Å². The summed E-state index contributed by atoms with van der Waals surface area (Å²) in [5, 5.41) is 18.8. The van der Waals surface area contributed by atoms with Gasteiger partial charge in [-0.15, -0.1) is 0 Å². The Balaban J connectivity index is 1.62. The molecule has 198 valence electrons. The SMILES string of the molecule is CN(C)c1ccc(-c2nc(-c3ccc(-c4nc(C#N)c(C#N)n4C)cc3)n(C)c2-c2ccc(N(C)C)cc2)cc1. The summed E-state index contributed by atoms with van der Waals surface area (Å²) < 4.78 is 3.79. The highest BCUT2D eigenvalue weighted by Crippen LogP contribution is 2.37. The molecule has 5 rings (SSSR count). The minimum atomic E-state index is 0.128. The molecule has 0 amide bonds.